The van der Waals surface area contributed by atoms with Crippen LogP contribution in [0, 0.1) is 0 Å². The Kier molecular flexibility index (Phi) is 6.47. The van der Waals surface area contributed by atoms with E-state index in [2.05, 4.69) is 15.5 Å². The minimum atomic E-state index is -1.07. The molecule has 0 radical (unpaired) electrons. The van der Waals surface area contributed by atoms with E-state index in [1.54, 1.807) is 66.8 Å². The molecule has 194 valence electrons. The number of imidazole rings is 1. The van der Waals surface area contributed by atoms with Crippen molar-refractivity contribution < 1.29 is 19.2 Å². The lowest BCUT2D eigenvalue weighted by Gasteiger charge is -2.20. The standard InChI is InChI=1S/C27H26N6O4S/c1-27(2,36)15-33-20-10-9-17(32(3)25(35)16-7-5-4-6-8-16)13-18(20)29-26(33)30-24(34)22-12-11-21(38-22)19-14-23(28)37-31-19/h4-14,36H,15,28H2,1-3H3,(H,29,30,34). The van der Waals surface area contributed by atoms with Gasteiger partial charge in [0.05, 0.1) is 32.9 Å². The van der Waals surface area contributed by atoms with Crippen LogP contribution in [0.4, 0.5) is 17.5 Å². The Labute approximate surface area is 222 Å². The topological polar surface area (TPSA) is 140 Å². The summed E-state index contributed by atoms with van der Waals surface area (Å²) in [4.78, 5) is 33.5. The molecule has 4 N–H and O–H groups in total. The third-order valence-electron chi connectivity index (χ3n) is 5.83. The van der Waals surface area contributed by atoms with E-state index < -0.39 is 5.60 Å². The normalized spacial score (nSPS) is 11.6. The summed E-state index contributed by atoms with van der Waals surface area (Å²) >= 11 is 1.24. The van der Waals surface area contributed by atoms with Crippen molar-refractivity contribution in [3.05, 3.63) is 77.2 Å². The van der Waals surface area contributed by atoms with E-state index in [1.165, 1.54) is 11.3 Å². The average Bonchev–Trinajstić information content (AvgIpc) is 3.62. The maximum Gasteiger partial charge on any atom is 0.268 e. The number of benzene rings is 2. The number of fused-ring (bicyclic) bond motifs is 1. The molecule has 3 aromatic heterocycles. The number of aliphatic hydroxyl groups is 1. The number of thiophene rings is 1. The summed E-state index contributed by atoms with van der Waals surface area (Å²) in [5.41, 5.74) is 7.56. The number of hydrogen-bond donors (Lipinski definition) is 3. The lowest BCUT2D eigenvalue weighted by molar-refractivity contribution is 0.0630. The van der Waals surface area contributed by atoms with E-state index in [-0.39, 0.29) is 30.2 Å². The number of carbonyl (C=O) groups is 2. The quantitative estimate of drug-likeness (QED) is 0.279. The monoisotopic (exact) mass is 530 g/mol. The molecule has 0 unspecified atom stereocenters. The number of nitrogens with two attached hydrogens (primary N) is 1. The zero-order valence-corrected chi connectivity index (χ0v) is 21.8. The van der Waals surface area contributed by atoms with Crippen LogP contribution < -0.4 is 16.0 Å². The molecule has 0 atom stereocenters. The Balaban J connectivity index is 1.46. The summed E-state index contributed by atoms with van der Waals surface area (Å²) < 4.78 is 6.67. The Morgan fingerprint density at radius 3 is 2.58 bits per heavy atom. The maximum atomic E-state index is 13.1. The van der Waals surface area contributed by atoms with Crippen molar-refractivity contribution in [2.45, 2.75) is 26.0 Å². The zero-order chi connectivity index (χ0) is 27.0. The highest BCUT2D eigenvalue weighted by Crippen LogP contribution is 2.30. The second-order valence-corrected chi connectivity index (χ2v) is 10.6. The van der Waals surface area contributed by atoms with Crippen LogP contribution in [-0.4, -0.2) is 44.3 Å². The zero-order valence-electron chi connectivity index (χ0n) is 21.0. The van der Waals surface area contributed by atoms with Crippen LogP contribution in [0.2, 0.25) is 0 Å². The van der Waals surface area contributed by atoms with Crippen LogP contribution in [0.25, 0.3) is 21.6 Å². The minimum Gasteiger partial charge on any atom is -0.389 e. The summed E-state index contributed by atoms with van der Waals surface area (Å²) in [6.07, 6.45) is 0. The number of aromatic nitrogens is 3. The Hall–Kier alpha value is -4.48. The second kappa shape index (κ2) is 9.77. The largest absolute Gasteiger partial charge is 0.389 e. The van der Waals surface area contributed by atoms with Crippen LogP contribution >= 0.6 is 11.3 Å². The molecule has 0 fully saturated rings. The highest BCUT2D eigenvalue weighted by molar-refractivity contribution is 7.17. The summed E-state index contributed by atoms with van der Waals surface area (Å²) in [5.74, 6) is -0.0458. The van der Waals surface area contributed by atoms with Gasteiger partial charge in [-0.15, -0.1) is 11.3 Å². The number of rotatable bonds is 7. The van der Waals surface area contributed by atoms with E-state index in [0.717, 1.165) is 4.88 Å². The smallest absolute Gasteiger partial charge is 0.268 e. The summed E-state index contributed by atoms with van der Waals surface area (Å²) in [6, 6.07) is 19.5. The number of nitrogen functional groups attached to an aromatic ring is 1. The molecular weight excluding hydrogens is 504 g/mol. The van der Waals surface area contributed by atoms with Crippen LogP contribution in [0.5, 0.6) is 0 Å². The number of nitrogens with zero attached hydrogens (tertiary/aromatic N) is 4. The molecule has 0 aliphatic rings. The fourth-order valence-corrected chi connectivity index (χ4v) is 4.88. The lowest BCUT2D eigenvalue weighted by atomic mass is 10.1. The molecule has 11 heteroatoms. The predicted octanol–water partition coefficient (Wildman–Crippen LogP) is 4.63. The molecule has 3 heterocycles. The number of nitrogens with one attached hydrogen (secondary N) is 1. The molecule has 5 rings (SSSR count). The van der Waals surface area contributed by atoms with Gasteiger partial charge < -0.3 is 24.8 Å². The van der Waals surface area contributed by atoms with Gasteiger partial charge in [0.1, 0.15) is 5.69 Å². The molecule has 2 amide bonds. The van der Waals surface area contributed by atoms with E-state index in [4.69, 9.17) is 10.3 Å². The molecule has 5 aromatic rings. The van der Waals surface area contributed by atoms with E-state index in [1.807, 2.05) is 30.3 Å². The van der Waals surface area contributed by atoms with Gasteiger partial charge in [-0.3, -0.25) is 14.9 Å². The van der Waals surface area contributed by atoms with Crippen LogP contribution in [0.1, 0.15) is 33.9 Å². The SMILES string of the molecule is CN(C(=O)c1ccccc1)c1ccc2c(c1)nc(NC(=O)c1ccc(-c3cc(N)on3)s1)n2CC(C)(C)O. The van der Waals surface area contributed by atoms with Crippen molar-refractivity contribution in [2.75, 3.05) is 23.0 Å². The highest BCUT2D eigenvalue weighted by atomic mass is 32.1. The van der Waals surface area contributed by atoms with E-state index in [9.17, 15) is 14.7 Å². The van der Waals surface area contributed by atoms with Crippen LogP contribution in [0.3, 0.4) is 0 Å². The van der Waals surface area contributed by atoms with Gasteiger partial charge in [-0.1, -0.05) is 23.4 Å². The molecule has 0 aliphatic heterocycles. The first-order valence-electron chi connectivity index (χ1n) is 11.8. The van der Waals surface area contributed by atoms with Crippen molar-refractivity contribution in [1.82, 2.24) is 14.7 Å². The Morgan fingerprint density at radius 2 is 1.89 bits per heavy atom. The van der Waals surface area contributed by atoms with E-state index >= 15 is 0 Å². The average molecular weight is 531 g/mol. The number of hydrogen-bond acceptors (Lipinski definition) is 8. The van der Waals surface area contributed by atoms with Gasteiger partial charge in [0.15, 0.2) is 0 Å². The predicted molar refractivity (Wildman–Crippen MR) is 147 cm³/mol. The third-order valence-corrected chi connectivity index (χ3v) is 6.93. The fourth-order valence-electron chi connectivity index (χ4n) is 4.03. The minimum absolute atomic E-state index is 0.156. The van der Waals surface area contributed by atoms with Crippen LogP contribution in [0.15, 0.2) is 71.3 Å². The first-order valence-corrected chi connectivity index (χ1v) is 12.6. The lowest BCUT2D eigenvalue weighted by Crippen LogP contribution is -2.27. The molecule has 10 nitrogen and oxygen atoms in total. The first-order chi connectivity index (χ1) is 18.1. The van der Waals surface area contributed by atoms with Crippen molar-refractivity contribution in [1.29, 1.82) is 0 Å². The van der Waals surface area contributed by atoms with Crippen molar-refractivity contribution in [2.24, 2.45) is 0 Å². The number of amides is 2. The molecule has 0 spiro atoms. The fraction of sp³-hybridized carbons (Fsp3) is 0.185. The van der Waals surface area contributed by atoms with Gasteiger partial charge in [0.2, 0.25) is 11.8 Å². The Bertz CT molecular complexity index is 1630. The summed E-state index contributed by atoms with van der Waals surface area (Å²) in [6.45, 7) is 3.55. The van der Waals surface area contributed by atoms with E-state index in [0.29, 0.717) is 32.9 Å². The van der Waals surface area contributed by atoms with Crippen LogP contribution in [-0.2, 0) is 6.54 Å². The number of anilines is 3. The maximum absolute atomic E-state index is 13.1. The van der Waals surface area contributed by atoms with Gasteiger partial charge in [-0.2, -0.15) is 0 Å². The summed E-state index contributed by atoms with van der Waals surface area (Å²) in [7, 11) is 1.70. The molecular formula is C27H26N6O4S. The van der Waals surface area contributed by atoms with Gasteiger partial charge in [0, 0.05) is 24.4 Å². The highest BCUT2D eigenvalue weighted by Gasteiger charge is 2.23. The molecule has 0 bridgehead atoms. The number of carbonyl (C=O) groups excluding carboxylic acids is 2. The molecule has 38 heavy (non-hydrogen) atoms. The van der Waals surface area contributed by atoms with Crippen molar-refractivity contribution >= 4 is 51.7 Å². The first kappa shape index (κ1) is 25.2. The van der Waals surface area contributed by atoms with Gasteiger partial charge in [-0.05, 0) is 56.3 Å². The molecule has 0 saturated carbocycles. The van der Waals surface area contributed by atoms with Gasteiger partial charge in [0.25, 0.3) is 11.8 Å². The van der Waals surface area contributed by atoms with Crippen molar-refractivity contribution in [3.8, 4) is 10.6 Å². The molecule has 2 aromatic carbocycles. The summed E-state index contributed by atoms with van der Waals surface area (Å²) in [5, 5.41) is 17.3. The molecule has 0 saturated heterocycles. The Morgan fingerprint density at radius 1 is 1.13 bits per heavy atom. The van der Waals surface area contributed by atoms with Gasteiger partial charge >= 0.3 is 0 Å². The third kappa shape index (κ3) is 5.15. The second-order valence-electron chi connectivity index (χ2n) is 9.47. The van der Waals surface area contributed by atoms with Gasteiger partial charge in [-0.25, -0.2) is 4.98 Å². The molecule has 0 aliphatic carbocycles. The van der Waals surface area contributed by atoms with Crippen molar-refractivity contribution in [3.63, 3.8) is 0 Å².